The quantitative estimate of drug-likeness (QED) is 0.248. The molecule has 0 bridgehead atoms. The highest BCUT2D eigenvalue weighted by Crippen LogP contribution is 2.52. The predicted octanol–water partition coefficient (Wildman–Crippen LogP) is 5.30. The summed E-state index contributed by atoms with van der Waals surface area (Å²) in [6.45, 7) is 3.46. The highest BCUT2D eigenvalue weighted by atomic mass is 35.5. The third-order valence-corrected chi connectivity index (χ3v) is 7.93. The van der Waals surface area contributed by atoms with Crippen molar-refractivity contribution in [2.24, 2.45) is 5.73 Å². The van der Waals surface area contributed by atoms with E-state index in [-0.39, 0.29) is 19.6 Å². The van der Waals surface area contributed by atoms with E-state index in [9.17, 15) is 9.90 Å². The third-order valence-electron chi connectivity index (χ3n) is 7.61. The number of carbonyl (C=O) groups is 1. The minimum Gasteiger partial charge on any atom is -0.385 e. The molecule has 1 saturated heterocycles. The van der Waals surface area contributed by atoms with Crippen LogP contribution in [0.25, 0.3) is 11.1 Å². The lowest BCUT2D eigenvalue weighted by Crippen LogP contribution is -2.61. The van der Waals surface area contributed by atoms with Gasteiger partial charge in [0, 0.05) is 43.0 Å². The van der Waals surface area contributed by atoms with Crippen LogP contribution in [-0.2, 0) is 32.0 Å². The number of benzene rings is 3. The fraction of sp³-hybridized carbons (Fsp3) is 0.387. The molecule has 4 rings (SSSR count). The van der Waals surface area contributed by atoms with Gasteiger partial charge >= 0.3 is 0 Å². The largest absolute Gasteiger partial charge is 0.385 e. The molecule has 2 atom stereocenters. The van der Waals surface area contributed by atoms with E-state index in [0.717, 1.165) is 17.5 Å². The lowest BCUT2D eigenvalue weighted by molar-refractivity contribution is -0.230. The Balaban J connectivity index is 2.01. The van der Waals surface area contributed by atoms with Crippen molar-refractivity contribution in [2.75, 3.05) is 33.4 Å². The van der Waals surface area contributed by atoms with E-state index >= 15 is 4.39 Å². The lowest BCUT2D eigenvalue weighted by Gasteiger charge is -2.52. The van der Waals surface area contributed by atoms with Crippen molar-refractivity contribution in [3.05, 3.63) is 93.8 Å². The lowest BCUT2D eigenvalue weighted by atomic mass is 9.68. The number of unbranched alkanes of at least 4 members (excludes halogenated alkanes) is 1. The summed E-state index contributed by atoms with van der Waals surface area (Å²) >= 11 is 6.78. The number of aryl methyl sites for hydroxylation is 1. The van der Waals surface area contributed by atoms with Crippen molar-refractivity contribution in [3.63, 3.8) is 0 Å². The first kappa shape index (κ1) is 29.2. The molecule has 3 N–H and O–H groups in total. The highest BCUT2D eigenvalue weighted by molar-refractivity contribution is 6.33. The molecule has 0 radical (unpaired) electrons. The fourth-order valence-corrected chi connectivity index (χ4v) is 5.84. The first-order valence-electron chi connectivity index (χ1n) is 13.2. The molecule has 1 heterocycles. The minimum absolute atomic E-state index is 0.0987. The Hall–Kier alpha value is -2.81. The first-order chi connectivity index (χ1) is 18.8. The number of ether oxygens (including phenoxy) is 2. The molecule has 6 nitrogen and oxygen atoms in total. The summed E-state index contributed by atoms with van der Waals surface area (Å²) in [6, 6.07) is 17.6. The van der Waals surface area contributed by atoms with Gasteiger partial charge in [0.25, 0.3) is 0 Å². The van der Waals surface area contributed by atoms with Crippen LogP contribution in [0.5, 0.6) is 0 Å². The second-order valence-electron chi connectivity index (χ2n) is 10.1. The number of rotatable bonds is 11. The van der Waals surface area contributed by atoms with Crippen LogP contribution in [0.4, 0.5) is 4.39 Å². The average molecular weight is 555 g/mol. The number of carbonyl (C=O) groups excluding carboxylic acids is 1. The van der Waals surface area contributed by atoms with E-state index in [0.29, 0.717) is 59.8 Å². The van der Waals surface area contributed by atoms with E-state index < -0.39 is 17.0 Å². The van der Waals surface area contributed by atoms with E-state index in [1.165, 1.54) is 6.07 Å². The van der Waals surface area contributed by atoms with Crippen LogP contribution in [-0.4, -0.2) is 49.8 Å². The normalized spacial score (nSPS) is 19.1. The summed E-state index contributed by atoms with van der Waals surface area (Å²) < 4.78 is 27.2. The van der Waals surface area contributed by atoms with Crippen molar-refractivity contribution in [3.8, 4) is 11.1 Å². The second kappa shape index (κ2) is 12.6. The molecule has 1 aliphatic heterocycles. The monoisotopic (exact) mass is 554 g/mol. The molecule has 208 valence electrons. The Bertz CT molecular complexity index is 1290. The van der Waals surface area contributed by atoms with E-state index in [4.69, 9.17) is 26.8 Å². The van der Waals surface area contributed by atoms with Gasteiger partial charge in [-0.2, -0.15) is 0 Å². The van der Waals surface area contributed by atoms with E-state index in [1.54, 1.807) is 42.3 Å². The smallest absolute Gasteiger partial charge is 0.209 e. The third kappa shape index (κ3) is 5.74. The van der Waals surface area contributed by atoms with Gasteiger partial charge in [-0.1, -0.05) is 59.6 Å². The Labute approximate surface area is 234 Å². The highest BCUT2D eigenvalue weighted by Gasteiger charge is 2.56. The number of methoxy groups -OCH3 is 1. The number of aliphatic hydroxyl groups is 1. The maximum atomic E-state index is 15.4. The number of halogens is 2. The summed E-state index contributed by atoms with van der Waals surface area (Å²) in [7, 11) is 1.63. The molecule has 3 aromatic carbocycles. The van der Waals surface area contributed by atoms with Crippen LogP contribution in [0.15, 0.2) is 60.7 Å². The van der Waals surface area contributed by atoms with Crippen LogP contribution < -0.4 is 5.73 Å². The van der Waals surface area contributed by atoms with Crippen molar-refractivity contribution in [1.82, 2.24) is 4.90 Å². The zero-order valence-corrected chi connectivity index (χ0v) is 23.2. The Kier molecular flexibility index (Phi) is 9.41. The molecular weight excluding hydrogens is 519 g/mol. The zero-order valence-electron chi connectivity index (χ0n) is 22.5. The maximum absolute atomic E-state index is 15.4. The fourth-order valence-electron chi connectivity index (χ4n) is 5.57. The molecule has 0 aromatic heterocycles. The number of hydrogen-bond donors (Lipinski definition) is 2. The summed E-state index contributed by atoms with van der Waals surface area (Å²) in [5.74, 6) is -0.447. The van der Waals surface area contributed by atoms with Crippen LogP contribution in [0.3, 0.4) is 0 Å². The number of hydrogen-bond acceptors (Lipinski definition) is 5. The molecular formula is C31H36ClFN2O4. The van der Waals surface area contributed by atoms with Crippen LogP contribution >= 0.6 is 11.6 Å². The van der Waals surface area contributed by atoms with Gasteiger partial charge in [0.2, 0.25) is 6.41 Å². The average Bonchev–Trinajstić information content (AvgIpc) is 2.96. The molecule has 0 spiro atoms. The summed E-state index contributed by atoms with van der Waals surface area (Å²) in [6.07, 6.45) is 2.30. The van der Waals surface area contributed by atoms with Crippen molar-refractivity contribution >= 4 is 18.0 Å². The molecule has 3 aromatic rings. The van der Waals surface area contributed by atoms with Gasteiger partial charge < -0.3 is 25.2 Å². The summed E-state index contributed by atoms with van der Waals surface area (Å²) in [5.41, 5.74) is 6.38. The van der Waals surface area contributed by atoms with Crippen molar-refractivity contribution < 1.29 is 23.8 Å². The van der Waals surface area contributed by atoms with Gasteiger partial charge in [0.05, 0.1) is 13.2 Å². The summed E-state index contributed by atoms with van der Waals surface area (Å²) in [4.78, 5) is 13.7. The molecule has 0 unspecified atom stereocenters. The Morgan fingerprint density at radius 2 is 1.97 bits per heavy atom. The van der Waals surface area contributed by atoms with Gasteiger partial charge in [0.15, 0.2) is 0 Å². The minimum atomic E-state index is -1.71. The zero-order chi connectivity index (χ0) is 28.0. The number of nitrogens with two attached hydrogens (primary N) is 1. The van der Waals surface area contributed by atoms with Crippen LogP contribution in [0.1, 0.15) is 41.5 Å². The number of amides is 1. The molecule has 0 saturated carbocycles. The van der Waals surface area contributed by atoms with E-state index in [2.05, 4.69) is 0 Å². The molecule has 1 aliphatic rings. The van der Waals surface area contributed by atoms with Gasteiger partial charge in [-0.3, -0.25) is 4.79 Å². The van der Waals surface area contributed by atoms with E-state index in [1.807, 2.05) is 31.2 Å². The topological polar surface area (TPSA) is 85.0 Å². The second-order valence-corrected chi connectivity index (χ2v) is 10.5. The predicted molar refractivity (Wildman–Crippen MR) is 151 cm³/mol. The molecule has 1 fully saturated rings. The van der Waals surface area contributed by atoms with Crippen LogP contribution in [0, 0.1) is 12.7 Å². The SMILES string of the molecule is COCCCC[C@@](O)(c1cccc(Cl)c1-c1cc(C)ccc1F)[C@@]1(c2ccc(CN)cc2)CN(C=O)CCO1. The number of morpholine rings is 1. The molecule has 8 heteroatoms. The van der Waals surface area contributed by atoms with Crippen LogP contribution in [0.2, 0.25) is 5.02 Å². The molecule has 0 aliphatic carbocycles. The summed E-state index contributed by atoms with van der Waals surface area (Å²) in [5, 5.41) is 13.4. The standard InChI is InChI=1S/C31H36ClFN2O4/c1-22-8-13-28(33)25(18-22)29-26(6-5-7-27(29)32)30(37,14-3-4-16-38-2)31(20-35(21-36)15-17-39-31)24-11-9-23(19-34)10-12-24/h5-13,18,21,37H,3-4,14-17,19-20,34H2,1-2H3/t30-,31+/m1/s1. The molecule has 39 heavy (non-hydrogen) atoms. The van der Waals surface area contributed by atoms with Crippen molar-refractivity contribution in [1.29, 1.82) is 0 Å². The van der Waals surface area contributed by atoms with Gasteiger partial charge in [0.1, 0.15) is 17.0 Å². The first-order valence-corrected chi connectivity index (χ1v) is 13.6. The van der Waals surface area contributed by atoms with Gasteiger partial charge in [-0.15, -0.1) is 0 Å². The van der Waals surface area contributed by atoms with Gasteiger partial charge in [-0.05, 0) is 61.1 Å². The maximum Gasteiger partial charge on any atom is 0.209 e. The van der Waals surface area contributed by atoms with Gasteiger partial charge in [-0.25, -0.2) is 4.39 Å². The Morgan fingerprint density at radius 3 is 2.67 bits per heavy atom. The van der Waals surface area contributed by atoms with Crippen molar-refractivity contribution in [2.45, 2.75) is 43.9 Å². The Morgan fingerprint density at radius 1 is 1.21 bits per heavy atom. The number of nitrogens with zero attached hydrogens (tertiary/aromatic N) is 1. The molecule has 1 amide bonds.